The average molecular weight is 288 g/mol. The summed E-state index contributed by atoms with van der Waals surface area (Å²) in [5, 5.41) is -0.106. The van der Waals surface area contributed by atoms with Gasteiger partial charge in [0.2, 0.25) is 0 Å². The van der Waals surface area contributed by atoms with Gasteiger partial charge in [0, 0.05) is 6.54 Å². The van der Waals surface area contributed by atoms with Crippen molar-refractivity contribution in [1.29, 1.82) is 0 Å². The molecule has 0 bridgehead atoms. The number of hydrogen-bond acceptors (Lipinski definition) is 4. The number of fused-ring (bicyclic) bond motifs is 1. The van der Waals surface area contributed by atoms with E-state index in [9.17, 15) is 9.18 Å². The number of carbonyl (C=O) groups is 1. The van der Waals surface area contributed by atoms with Crippen LogP contribution in [-0.4, -0.2) is 32.8 Å². The second kappa shape index (κ2) is 5.65. The second-order valence-electron chi connectivity index (χ2n) is 4.22. The van der Waals surface area contributed by atoms with E-state index in [0.717, 1.165) is 13.0 Å². The van der Waals surface area contributed by atoms with E-state index in [1.807, 2.05) is 11.8 Å². The van der Waals surface area contributed by atoms with Gasteiger partial charge in [-0.15, -0.1) is 0 Å². The van der Waals surface area contributed by atoms with Crippen LogP contribution in [0.2, 0.25) is 5.02 Å². The Balaban J connectivity index is 2.58. The van der Waals surface area contributed by atoms with E-state index in [-0.39, 0.29) is 16.3 Å². The van der Waals surface area contributed by atoms with Gasteiger partial charge in [0.25, 0.3) is 0 Å². The highest BCUT2D eigenvalue weighted by atomic mass is 35.5. The van der Waals surface area contributed by atoms with Crippen LogP contribution in [0.5, 0.6) is 5.75 Å². The first-order valence-corrected chi connectivity index (χ1v) is 6.46. The van der Waals surface area contributed by atoms with Crippen LogP contribution >= 0.6 is 11.6 Å². The highest BCUT2D eigenvalue weighted by Gasteiger charge is 2.29. The van der Waals surface area contributed by atoms with Gasteiger partial charge in [0.05, 0.1) is 24.4 Å². The van der Waals surface area contributed by atoms with Crippen molar-refractivity contribution in [2.45, 2.75) is 13.3 Å². The molecule has 19 heavy (non-hydrogen) atoms. The van der Waals surface area contributed by atoms with Gasteiger partial charge in [-0.2, -0.15) is 0 Å². The van der Waals surface area contributed by atoms with E-state index >= 15 is 0 Å². The van der Waals surface area contributed by atoms with Gasteiger partial charge < -0.3 is 14.4 Å². The van der Waals surface area contributed by atoms with Crippen molar-refractivity contribution < 1.29 is 18.7 Å². The predicted octanol–water partition coefficient (Wildman–Crippen LogP) is 2.87. The Hall–Kier alpha value is -1.49. The Labute approximate surface area is 116 Å². The zero-order valence-electron chi connectivity index (χ0n) is 10.8. The van der Waals surface area contributed by atoms with Crippen LogP contribution in [0.15, 0.2) is 6.07 Å². The van der Waals surface area contributed by atoms with Crippen molar-refractivity contribution in [3.05, 3.63) is 22.5 Å². The molecule has 0 spiro atoms. The number of nitrogens with zero attached hydrogens (tertiary/aromatic N) is 1. The third-order valence-electron chi connectivity index (χ3n) is 2.98. The molecule has 0 amide bonds. The lowest BCUT2D eigenvalue weighted by Gasteiger charge is -2.32. The minimum Gasteiger partial charge on any atom is -0.489 e. The summed E-state index contributed by atoms with van der Waals surface area (Å²) in [6, 6.07) is 1.49. The molecule has 0 atom stereocenters. The van der Waals surface area contributed by atoms with Crippen molar-refractivity contribution >= 4 is 23.3 Å². The second-order valence-corrected chi connectivity index (χ2v) is 4.63. The molecule has 6 heteroatoms. The molecule has 1 aromatic carbocycles. The monoisotopic (exact) mass is 287 g/mol. The number of benzene rings is 1. The molecule has 0 aliphatic carbocycles. The fourth-order valence-electron chi connectivity index (χ4n) is 2.14. The standard InChI is InChI=1S/C13H15ClFNO3/c1-3-4-16-5-6-19-12-9(16)7-8(14)11(15)10(12)13(17)18-2/h7H,3-6H2,1-2H3. The zero-order chi connectivity index (χ0) is 14.0. The molecular weight excluding hydrogens is 273 g/mol. The molecule has 0 radical (unpaired) electrons. The third kappa shape index (κ3) is 2.47. The maximum absolute atomic E-state index is 14.0. The van der Waals surface area contributed by atoms with Gasteiger partial charge in [0.15, 0.2) is 11.6 Å². The molecule has 1 aliphatic heterocycles. The SMILES string of the molecule is CCCN1CCOc2c1cc(Cl)c(F)c2C(=O)OC. The van der Waals surface area contributed by atoms with Crippen molar-refractivity contribution in [3.63, 3.8) is 0 Å². The lowest BCUT2D eigenvalue weighted by atomic mass is 10.1. The molecule has 0 N–H and O–H groups in total. The van der Waals surface area contributed by atoms with Gasteiger partial charge in [-0.1, -0.05) is 18.5 Å². The zero-order valence-corrected chi connectivity index (χ0v) is 11.6. The summed E-state index contributed by atoms with van der Waals surface area (Å²) >= 11 is 5.85. The van der Waals surface area contributed by atoms with Gasteiger partial charge in [-0.25, -0.2) is 9.18 Å². The summed E-state index contributed by atoms with van der Waals surface area (Å²) < 4.78 is 24.1. The molecule has 4 nitrogen and oxygen atoms in total. The van der Waals surface area contributed by atoms with Crippen LogP contribution in [0.3, 0.4) is 0 Å². The Kier molecular flexibility index (Phi) is 4.14. The van der Waals surface area contributed by atoms with Crippen LogP contribution in [0.1, 0.15) is 23.7 Å². The van der Waals surface area contributed by atoms with Crippen LogP contribution in [-0.2, 0) is 4.74 Å². The van der Waals surface area contributed by atoms with Gasteiger partial charge >= 0.3 is 5.97 Å². The molecule has 0 unspecified atom stereocenters. The lowest BCUT2D eigenvalue weighted by molar-refractivity contribution is 0.0590. The Morgan fingerprint density at radius 2 is 2.37 bits per heavy atom. The van der Waals surface area contributed by atoms with Crippen LogP contribution in [0.4, 0.5) is 10.1 Å². The summed E-state index contributed by atoms with van der Waals surface area (Å²) in [6.45, 7) is 3.92. The lowest BCUT2D eigenvalue weighted by Crippen LogP contribution is -2.34. The number of carbonyl (C=O) groups excluding carboxylic acids is 1. The smallest absolute Gasteiger partial charge is 0.344 e. The topological polar surface area (TPSA) is 38.8 Å². The number of rotatable bonds is 3. The molecule has 0 saturated heterocycles. The number of anilines is 1. The Morgan fingerprint density at radius 1 is 1.63 bits per heavy atom. The molecule has 1 aromatic rings. The van der Waals surface area contributed by atoms with Crippen LogP contribution < -0.4 is 9.64 Å². The summed E-state index contributed by atoms with van der Waals surface area (Å²) in [5.74, 6) is -1.37. The number of methoxy groups -OCH3 is 1. The first-order valence-electron chi connectivity index (χ1n) is 6.08. The Morgan fingerprint density at radius 3 is 3.00 bits per heavy atom. The van der Waals surface area contributed by atoms with Crippen molar-refractivity contribution in [1.82, 2.24) is 0 Å². The fourth-order valence-corrected chi connectivity index (χ4v) is 2.34. The highest BCUT2D eigenvalue weighted by molar-refractivity contribution is 6.31. The average Bonchev–Trinajstić information content (AvgIpc) is 2.41. The predicted molar refractivity (Wildman–Crippen MR) is 70.7 cm³/mol. The molecule has 0 fully saturated rings. The molecule has 0 aromatic heterocycles. The van der Waals surface area contributed by atoms with Crippen LogP contribution in [0.25, 0.3) is 0 Å². The quantitative estimate of drug-likeness (QED) is 0.801. The van der Waals surface area contributed by atoms with E-state index in [1.165, 1.54) is 13.2 Å². The van der Waals surface area contributed by atoms with E-state index in [0.29, 0.717) is 18.8 Å². The number of halogens is 2. The first kappa shape index (κ1) is 13.9. The highest BCUT2D eigenvalue weighted by Crippen LogP contribution is 2.40. The third-order valence-corrected chi connectivity index (χ3v) is 3.26. The molecular formula is C13H15ClFNO3. The van der Waals surface area contributed by atoms with E-state index in [4.69, 9.17) is 16.3 Å². The van der Waals surface area contributed by atoms with Crippen molar-refractivity contribution in [3.8, 4) is 5.75 Å². The van der Waals surface area contributed by atoms with E-state index in [2.05, 4.69) is 4.74 Å². The molecule has 1 aliphatic rings. The number of ether oxygens (including phenoxy) is 2. The van der Waals surface area contributed by atoms with E-state index < -0.39 is 11.8 Å². The number of hydrogen-bond donors (Lipinski definition) is 0. The fraction of sp³-hybridized carbons (Fsp3) is 0.462. The minimum atomic E-state index is -0.800. The summed E-state index contributed by atoms with van der Waals surface area (Å²) in [6.07, 6.45) is 0.933. The molecule has 1 heterocycles. The summed E-state index contributed by atoms with van der Waals surface area (Å²) in [5.41, 5.74) is 0.408. The number of esters is 1. The maximum Gasteiger partial charge on any atom is 0.344 e. The molecule has 0 saturated carbocycles. The van der Waals surface area contributed by atoms with Crippen molar-refractivity contribution in [2.24, 2.45) is 0 Å². The minimum absolute atomic E-state index is 0.106. The largest absolute Gasteiger partial charge is 0.489 e. The van der Waals surface area contributed by atoms with Crippen LogP contribution in [0, 0.1) is 5.82 Å². The van der Waals surface area contributed by atoms with Gasteiger partial charge in [-0.3, -0.25) is 0 Å². The van der Waals surface area contributed by atoms with E-state index in [1.54, 1.807) is 0 Å². The van der Waals surface area contributed by atoms with Crippen molar-refractivity contribution in [2.75, 3.05) is 31.7 Å². The summed E-state index contributed by atoms with van der Waals surface area (Å²) in [4.78, 5) is 13.7. The molecule has 2 rings (SSSR count). The molecule has 104 valence electrons. The van der Waals surface area contributed by atoms with Gasteiger partial charge in [-0.05, 0) is 12.5 Å². The maximum atomic E-state index is 14.0. The normalized spacial score (nSPS) is 13.8. The summed E-state index contributed by atoms with van der Waals surface area (Å²) in [7, 11) is 1.20. The van der Waals surface area contributed by atoms with Gasteiger partial charge in [0.1, 0.15) is 12.2 Å². The first-order chi connectivity index (χ1) is 9.10. The Bertz CT molecular complexity index is 507.